The van der Waals surface area contributed by atoms with Gasteiger partial charge in [-0.25, -0.2) is 0 Å². The number of ether oxygens (including phenoxy) is 2. The summed E-state index contributed by atoms with van der Waals surface area (Å²) in [6.07, 6.45) is -1.89. The Morgan fingerprint density at radius 2 is 1.92 bits per heavy atom. The van der Waals surface area contributed by atoms with E-state index in [1.165, 1.54) is 6.07 Å². The molecule has 36 heavy (non-hydrogen) atoms. The van der Waals surface area contributed by atoms with E-state index < -0.39 is 18.1 Å². The number of rotatable bonds is 11. The van der Waals surface area contributed by atoms with Crippen molar-refractivity contribution < 1.29 is 37.1 Å². The highest BCUT2D eigenvalue weighted by atomic mass is 32.2. The van der Waals surface area contributed by atoms with Gasteiger partial charge in [-0.15, -0.1) is 0 Å². The van der Waals surface area contributed by atoms with Crippen molar-refractivity contribution in [1.29, 1.82) is 0 Å². The number of hydrogen-bond acceptors (Lipinski definition) is 7. The Labute approximate surface area is 210 Å². The SMILES string of the molecule is CCCc1c(OCCCCCOc2cccc(C3SC(=O)NC3O)c2)ccc2c(C(F)(F)F)noc12. The summed E-state index contributed by atoms with van der Waals surface area (Å²) >= 11 is 1.05. The summed E-state index contributed by atoms with van der Waals surface area (Å²) in [4.78, 5) is 11.5. The summed E-state index contributed by atoms with van der Waals surface area (Å²) in [6.45, 7) is 2.84. The van der Waals surface area contributed by atoms with Gasteiger partial charge in [-0.05, 0) is 55.5 Å². The summed E-state index contributed by atoms with van der Waals surface area (Å²) in [5, 5.41) is 15.0. The first kappa shape index (κ1) is 26.2. The monoisotopic (exact) mass is 524 g/mol. The molecule has 4 rings (SSSR count). The summed E-state index contributed by atoms with van der Waals surface area (Å²) in [6, 6.07) is 10.2. The molecule has 2 N–H and O–H groups in total. The minimum Gasteiger partial charge on any atom is -0.494 e. The third-order valence-corrected chi connectivity index (χ3v) is 6.87. The Kier molecular flexibility index (Phi) is 8.30. The van der Waals surface area contributed by atoms with Crippen molar-refractivity contribution in [1.82, 2.24) is 10.5 Å². The number of amides is 1. The van der Waals surface area contributed by atoms with Gasteiger partial charge in [0.15, 0.2) is 11.3 Å². The lowest BCUT2D eigenvalue weighted by molar-refractivity contribution is -0.141. The van der Waals surface area contributed by atoms with Gasteiger partial charge < -0.3 is 24.4 Å². The predicted octanol–water partition coefficient (Wildman–Crippen LogP) is 6.24. The molecular formula is C25H27F3N2O5S. The Bertz CT molecular complexity index is 1200. The smallest absolute Gasteiger partial charge is 0.437 e. The normalized spacial score (nSPS) is 18.0. The Balaban J connectivity index is 1.24. The maximum absolute atomic E-state index is 13.2. The number of carbonyl (C=O) groups is 1. The molecule has 1 aliphatic rings. The van der Waals surface area contributed by atoms with E-state index in [0.29, 0.717) is 36.7 Å². The highest BCUT2D eigenvalue weighted by molar-refractivity contribution is 8.14. The lowest BCUT2D eigenvalue weighted by Gasteiger charge is -2.14. The third kappa shape index (κ3) is 6.07. The number of alkyl halides is 3. The molecule has 0 spiro atoms. The van der Waals surface area contributed by atoms with Crippen molar-refractivity contribution in [2.45, 2.75) is 56.7 Å². The number of halogens is 3. The molecular weight excluding hydrogens is 497 g/mol. The fraction of sp³-hybridized carbons (Fsp3) is 0.440. The van der Waals surface area contributed by atoms with Crippen LogP contribution in [-0.4, -0.2) is 34.9 Å². The zero-order valence-corrected chi connectivity index (χ0v) is 20.5. The fourth-order valence-corrected chi connectivity index (χ4v) is 4.96. The van der Waals surface area contributed by atoms with E-state index in [1.54, 1.807) is 6.07 Å². The molecule has 0 saturated carbocycles. The Morgan fingerprint density at radius 3 is 2.61 bits per heavy atom. The van der Waals surface area contributed by atoms with Crippen molar-refractivity contribution in [3.8, 4) is 11.5 Å². The number of nitrogens with zero attached hydrogens (tertiary/aromatic N) is 1. The lowest BCUT2D eigenvalue weighted by atomic mass is 10.0. The standard InChI is InChI=1S/C25H27F3N2O5S/c1-2-7-17-19(11-10-18-20(17)35-30-22(18)25(26,27)28)34-13-5-3-4-12-33-16-9-6-8-15(14-16)21-23(31)29-24(32)36-21/h6,8-11,14,21,23,31H,2-5,7,12-13H2,1H3,(H,29,32). The van der Waals surface area contributed by atoms with E-state index in [1.807, 2.05) is 31.2 Å². The van der Waals surface area contributed by atoms with Gasteiger partial charge in [0.05, 0.1) is 23.8 Å². The number of aromatic nitrogens is 1. The molecule has 11 heteroatoms. The minimum atomic E-state index is -4.58. The van der Waals surface area contributed by atoms with E-state index >= 15 is 0 Å². The van der Waals surface area contributed by atoms with Gasteiger partial charge in [0, 0.05) is 5.56 Å². The number of unbranched alkanes of at least 4 members (excludes halogenated alkanes) is 2. The molecule has 1 aromatic heterocycles. The predicted molar refractivity (Wildman–Crippen MR) is 129 cm³/mol. The van der Waals surface area contributed by atoms with Gasteiger partial charge in [-0.2, -0.15) is 13.2 Å². The molecule has 1 aliphatic heterocycles. The number of thioether (sulfide) groups is 1. The number of fused-ring (bicyclic) bond motifs is 1. The molecule has 1 fully saturated rings. The van der Waals surface area contributed by atoms with Gasteiger partial charge in [-0.1, -0.05) is 42.4 Å². The van der Waals surface area contributed by atoms with E-state index in [4.69, 9.17) is 14.0 Å². The van der Waals surface area contributed by atoms with Crippen LogP contribution in [0.3, 0.4) is 0 Å². The first-order chi connectivity index (χ1) is 17.3. The number of hydrogen-bond donors (Lipinski definition) is 2. The number of carbonyl (C=O) groups excluding carboxylic acids is 1. The number of aliphatic hydroxyl groups is 1. The van der Waals surface area contributed by atoms with Gasteiger partial charge >= 0.3 is 6.18 Å². The maximum Gasteiger partial charge on any atom is 0.437 e. The molecule has 2 aromatic carbocycles. The number of nitrogens with one attached hydrogen (secondary N) is 1. The molecule has 7 nitrogen and oxygen atoms in total. The van der Waals surface area contributed by atoms with Crippen molar-refractivity contribution in [3.63, 3.8) is 0 Å². The van der Waals surface area contributed by atoms with Gasteiger partial charge in [-0.3, -0.25) is 4.79 Å². The van der Waals surface area contributed by atoms with Crippen LogP contribution >= 0.6 is 11.8 Å². The molecule has 0 radical (unpaired) electrons. The van der Waals surface area contributed by atoms with Crippen molar-refractivity contribution in [2.24, 2.45) is 0 Å². The first-order valence-electron chi connectivity index (χ1n) is 11.8. The van der Waals surface area contributed by atoms with Gasteiger partial charge in [0.2, 0.25) is 0 Å². The Morgan fingerprint density at radius 1 is 1.14 bits per heavy atom. The summed E-state index contributed by atoms with van der Waals surface area (Å²) < 4.78 is 56.2. The molecule has 0 bridgehead atoms. The first-order valence-corrected chi connectivity index (χ1v) is 12.6. The summed E-state index contributed by atoms with van der Waals surface area (Å²) in [5.74, 6) is 1.18. The van der Waals surface area contributed by atoms with Crippen LogP contribution in [0.2, 0.25) is 0 Å². The Hall–Kier alpha value is -2.92. The second kappa shape index (κ2) is 11.4. The van der Waals surface area contributed by atoms with E-state index in [2.05, 4.69) is 10.5 Å². The van der Waals surface area contributed by atoms with Crippen LogP contribution in [-0.2, 0) is 12.6 Å². The van der Waals surface area contributed by atoms with Crippen molar-refractivity contribution in [3.05, 3.63) is 53.2 Å². The second-order valence-electron chi connectivity index (χ2n) is 8.44. The average Bonchev–Trinajstić information content (AvgIpc) is 3.42. The van der Waals surface area contributed by atoms with Gasteiger partial charge in [0.25, 0.3) is 5.24 Å². The number of aliphatic hydroxyl groups excluding tert-OH is 1. The van der Waals surface area contributed by atoms with Crippen molar-refractivity contribution >= 4 is 28.0 Å². The zero-order valence-electron chi connectivity index (χ0n) is 19.6. The van der Waals surface area contributed by atoms with Crippen LogP contribution in [0.25, 0.3) is 11.0 Å². The largest absolute Gasteiger partial charge is 0.494 e. The lowest BCUT2D eigenvalue weighted by Crippen LogP contribution is -2.26. The van der Waals surface area contributed by atoms with E-state index in [-0.39, 0.29) is 21.5 Å². The van der Waals surface area contributed by atoms with Crippen LogP contribution in [0.5, 0.6) is 11.5 Å². The van der Waals surface area contributed by atoms with Crippen LogP contribution in [0, 0.1) is 0 Å². The second-order valence-corrected chi connectivity index (χ2v) is 9.56. The number of aryl methyl sites for hydroxylation is 1. The summed E-state index contributed by atoms with van der Waals surface area (Å²) in [7, 11) is 0. The molecule has 3 aromatic rings. The van der Waals surface area contributed by atoms with E-state index in [9.17, 15) is 23.1 Å². The number of benzene rings is 2. The average molecular weight is 525 g/mol. The molecule has 0 aliphatic carbocycles. The topological polar surface area (TPSA) is 93.8 Å². The molecule has 2 atom stereocenters. The molecule has 1 amide bonds. The van der Waals surface area contributed by atoms with Gasteiger partial charge in [0.1, 0.15) is 17.7 Å². The van der Waals surface area contributed by atoms with Crippen LogP contribution in [0.15, 0.2) is 40.9 Å². The molecule has 194 valence electrons. The third-order valence-electron chi connectivity index (χ3n) is 5.76. The van der Waals surface area contributed by atoms with Crippen LogP contribution < -0.4 is 14.8 Å². The molecule has 1 saturated heterocycles. The molecule has 2 heterocycles. The van der Waals surface area contributed by atoms with E-state index in [0.717, 1.165) is 43.0 Å². The quantitative estimate of drug-likeness (QED) is 0.287. The summed E-state index contributed by atoms with van der Waals surface area (Å²) in [5.41, 5.74) is 0.519. The fourth-order valence-electron chi connectivity index (χ4n) is 4.06. The minimum absolute atomic E-state index is 0.0524. The highest BCUT2D eigenvalue weighted by Gasteiger charge is 2.37. The highest BCUT2D eigenvalue weighted by Crippen LogP contribution is 2.39. The maximum atomic E-state index is 13.2. The molecule has 2 unspecified atom stereocenters. The zero-order chi connectivity index (χ0) is 25.7. The van der Waals surface area contributed by atoms with Crippen LogP contribution in [0.4, 0.5) is 18.0 Å². The van der Waals surface area contributed by atoms with Crippen molar-refractivity contribution in [2.75, 3.05) is 13.2 Å². The van der Waals surface area contributed by atoms with Crippen LogP contribution in [0.1, 0.15) is 54.7 Å².